The van der Waals surface area contributed by atoms with Crippen LogP contribution < -0.4 is 4.90 Å². The fourth-order valence-electron chi connectivity index (χ4n) is 4.61. The Morgan fingerprint density at radius 1 is 1.07 bits per heavy atom. The molecule has 0 radical (unpaired) electrons. The maximum absolute atomic E-state index is 13.0. The standard InChI is InChI=1S/C22H25F3N4O/c1-16-3-5-17(6-4-16)14-29-20(30)7-9-21(29)8-2-11-28(12-10-21)19-13-18(22(23,24)25)26-15-27-19/h3-6,13,15H,2,7-12,14H2,1H3. The van der Waals surface area contributed by atoms with E-state index in [1.165, 1.54) is 5.56 Å². The van der Waals surface area contributed by atoms with E-state index in [4.69, 9.17) is 0 Å². The van der Waals surface area contributed by atoms with E-state index in [0.29, 0.717) is 31.9 Å². The number of amides is 1. The summed E-state index contributed by atoms with van der Waals surface area (Å²) >= 11 is 0. The van der Waals surface area contributed by atoms with E-state index >= 15 is 0 Å². The lowest BCUT2D eigenvalue weighted by Gasteiger charge is -2.38. The van der Waals surface area contributed by atoms with E-state index in [-0.39, 0.29) is 11.4 Å². The first-order valence-electron chi connectivity index (χ1n) is 10.3. The van der Waals surface area contributed by atoms with Gasteiger partial charge in [0.05, 0.1) is 0 Å². The molecule has 0 N–H and O–H groups in total. The van der Waals surface area contributed by atoms with Crippen molar-refractivity contribution < 1.29 is 18.0 Å². The molecule has 30 heavy (non-hydrogen) atoms. The molecule has 160 valence electrons. The number of anilines is 1. The molecule has 3 heterocycles. The Morgan fingerprint density at radius 2 is 1.83 bits per heavy atom. The van der Waals surface area contributed by atoms with Gasteiger partial charge in [0, 0.05) is 37.7 Å². The van der Waals surface area contributed by atoms with E-state index in [2.05, 4.69) is 22.1 Å². The number of likely N-dealkylation sites (tertiary alicyclic amines) is 1. The van der Waals surface area contributed by atoms with Crippen molar-refractivity contribution in [3.05, 3.63) is 53.5 Å². The second-order valence-corrected chi connectivity index (χ2v) is 8.29. The molecule has 1 spiro atoms. The zero-order valence-corrected chi connectivity index (χ0v) is 17.0. The third kappa shape index (κ3) is 4.13. The van der Waals surface area contributed by atoms with Crippen LogP contribution in [0.5, 0.6) is 0 Å². The summed E-state index contributed by atoms with van der Waals surface area (Å²) in [4.78, 5) is 24.0. The van der Waals surface area contributed by atoms with E-state index in [1.807, 2.05) is 28.9 Å². The Bertz CT molecular complexity index is 915. The van der Waals surface area contributed by atoms with Gasteiger partial charge in [0.2, 0.25) is 5.91 Å². The number of aromatic nitrogens is 2. The van der Waals surface area contributed by atoms with Crippen LogP contribution in [0.2, 0.25) is 0 Å². The number of halogens is 3. The lowest BCUT2D eigenvalue weighted by atomic mass is 9.87. The molecule has 0 bridgehead atoms. The SMILES string of the molecule is Cc1ccc(CN2C(=O)CCC23CCCN(c2cc(C(F)(F)F)ncn2)CC3)cc1. The highest BCUT2D eigenvalue weighted by molar-refractivity contribution is 5.79. The van der Waals surface area contributed by atoms with Crippen LogP contribution >= 0.6 is 0 Å². The average molecular weight is 418 g/mol. The Kier molecular flexibility index (Phi) is 5.42. The quantitative estimate of drug-likeness (QED) is 0.743. The minimum atomic E-state index is -4.49. The van der Waals surface area contributed by atoms with E-state index in [9.17, 15) is 18.0 Å². The number of alkyl halides is 3. The lowest BCUT2D eigenvalue weighted by molar-refractivity contribution is -0.141. The highest BCUT2D eigenvalue weighted by Gasteiger charge is 2.45. The molecule has 2 aromatic rings. The molecule has 2 saturated heterocycles. The minimum Gasteiger partial charge on any atom is -0.356 e. The molecule has 1 atom stereocenters. The van der Waals surface area contributed by atoms with Gasteiger partial charge < -0.3 is 9.80 Å². The summed E-state index contributed by atoms with van der Waals surface area (Å²) in [5, 5.41) is 0. The number of carbonyl (C=O) groups excluding carboxylic acids is 1. The van der Waals surface area contributed by atoms with Crippen LogP contribution in [-0.4, -0.2) is 39.4 Å². The van der Waals surface area contributed by atoms with Crippen LogP contribution in [0, 0.1) is 6.92 Å². The summed E-state index contributed by atoms with van der Waals surface area (Å²) < 4.78 is 39.1. The molecule has 4 rings (SSSR count). The van der Waals surface area contributed by atoms with Crippen LogP contribution in [0.1, 0.15) is 48.9 Å². The lowest BCUT2D eigenvalue weighted by Crippen LogP contribution is -2.46. The van der Waals surface area contributed by atoms with E-state index < -0.39 is 11.9 Å². The van der Waals surface area contributed by atoms with Crippen LogP contribution in [0.4, 0.5) is 19.0 Å². The average Bonchev–Trinajstić information content (AvgIpc) is 2.89. The molecule has 0 saturated carbocycles. The van der Waals surface area contributed by atoms with Gasteiger partial charge in [0.1, 0.15) is 17.8 Å². The fourth-order valence-corrected chi connectivity index (χ4v) is 4.61. The molecule has 2 aliphatic heterocycles. The summed E-state index contributed by atoms with van der Waals surface area (Å²) in [5.41, 5.74) is 1.11. The Morgan fingerprint density at radius 3 is 2.57 bits per heavy atom. The number of carbonyl (C=O) groups is 1. The van der Waals surface area contributed by atoms with Gasteiger partial charge in [-0.3, -0.25) is 4.79 Å². The predicted octanol–water partition coefficient (Wildman–Crippen LogP) is 4.36. The Labute approximate surface area is 173 Å². The van der Waals surface area contributed by atoms with E-state index in [0.717, 1.165) is 43.6 Å². The van der Waals surface area contributed by atoms with Gasteiger partial charge in [0.15, 0.2) is 0 Å². The molecule has 8 heteroatoms. The van der Waals surface area contributed by atoms with Gasteiger partial charge >= 0.3 is 6.18 Å². The topological polar surface area (TPSA) is 49.3 Å². The smallest absolute Gasteiger partial charge is 0.356 e. The van der Waals surface area contributed by atoms with Crippen molar-refractivity contribution in [2.75, 3.05) is 18.0 Å². The second-order valence-electron chi connectivity index (χ2n) is 8.29. The third-order valence-corrected chi connectivity index (χ3v) is 6.32. The van der Waals surface area contributed by atoms with Crippen LogP contribution in [0.25, 0.3) is 0 Å². The van der Waals surface area contributed by atoms with Crippen molar-refractivity contribution in [1.29, 1.82) is 0 Å². The molecule has 2 fully saturated rings. The first-order chi connectivity index (χ1) is 14.3. The molecular weight excluding hydrogens is 393 g/mol. The van der Waals surface area contributed by atoms with Crippen molar-refractivity contribution in [3.8, 4) is 0 Å². The number of hydrogen-bond donors (Lipinski definition) is 0. The summed E-state index contributed by atoms with van der Waals surface area (Å²) in [6.07, 6.45) is 0.160. The van der Waals surface area contributed by atoms with Gasteiger partial charge in [0.25, 0.3) is 0 Å². The van der Waals surface area contributed by atoms with Gasteiger partial charge in [-0.25, -0.2) is 9.97 Å². The maximum Gasteiger partial charge on any atom is 0.433 e. The molecular formula is C22H25F3N4O. The Hall–Kier alpha value is -2.64. The van der Waals surface area contributed by atoms with Crippen LogP contribution in [0.3, 0.4) is 0 Å². The maximum atomic E-state index is 13.0. The van der Waals surface area contributed by atoms with Crippen molar-refractivity contribution in [1.82, 2.24) is 14.9 Å². The van der Waals surface area contributed by atoms with Crippen molar-refractivity contribution in [2.24, 2.45) is 0 Å². The number of hydrogen-bond acceptors (Lipinski definition) is 4. The summed E-state index contributed by atoms with van der Waals surface area (Å²) in [6.45, 7) is 3.78. The normalized spacial score (nSPS) is 22.6. The molecule has 5 nitrogen and oxygen atoms in total. The molecule has 0 aliphatic carbocycles. The number of rotatable bonds is 3. The first kappa shape index (κ1) is 20.6. The molecule has 2 aliphatic rings. The van der Waals surface area contributed by atoms with Gasteiger partial charge in [-0.15, -0.1) is 0 Å². The van der Waals surface area contributed by atoms with Gasteiger partial charge in [-0.2, -0.15) is 13.2 Å². The second kappa shape index (κ2) is 7.89. The molecule has 1 unspecified atom stereocenters. The van der Waals surface area contributed by atoms with Gasteiger partial charge in [-0.1, -0.05) is 29.8 Å². The van der Waals surface area contributed by atoms with E-state index in [1.54, 1.807) is 0 Å². The van der Waals surface area contributed by atoms with Crippen molar-refractivity contribution >= 4 is 11.7 Å². The molecule has 1 amide bonds. The summed E-state index contributed by atoms with van der Waals surface area (Å²) in [7, 11) is 0. The predicted molar refractivity (Wildman–Crippen MR) is 107 cm³/mol. The highest BCUT2D eigenvalue weighted by atomic mass is 19.4. The zero-order valence-electron chi connectivity index (χ0n) is 17.0. The summed E-state index contributed by atoms with van der Waals surface area (Å²) in [6, 6.07) is 9.21. The fraction of sp³-hybridized carbons (Fsp3) is 0.500. The highest BCUT2D eigenvalue weighted by Crippen LogP contribution is 2.41. The molecule has 1 aromatic carbocycles. The van der Waals surface area contributed by atoms with Crippen molar-refractivity contribution in [2.45, 2.75) is 57.3 Å². The third-order valence-electron chi connectivity index (χ3n) is 6.32. The summed E-state index contributed by atoms with van der Waals surface area (Å²) in [5.74, 6) is 0.453. The number of aryl methyl sites for hydroxylation is 1. The number of benzene rings is 1. The van der Waals surface area contributed by atoms with Crippen LogP contribution in [-0.2, 0) is 17.5 Å². The largest absolute Gasteiger partial charge is 0.433 e. The molecule has 1 aromatic heterocycles. The van der Waals surface area contributed by atoms with Crippen molar-refractivity contribution in [3.63, 3.8) is 0 Å². The monoisotopic (exact) mass is 418 g/mol. The number of nitrogens with zero attached hydrogens (tertiary/aromatic N) is 4. The zero-order chi connectivity index (χ0) is 21.4. The first-order valence-corrected chi connectivity index (χ1v) is 10.3. The van der Waals surface area contributed by atoms with Crippen LogP contribution in [0.15, 0.2) is 36.7 Å². The van der Waals surface area contributed by atoms with Gasteiger partial charge in [-0.05, 0) is 38.2 Å². The Balaban J connectivity index is 1.52. The minimum absolute atomic E-state index is 0.158.